The van der Waals surface area contributed by atoms with Gasteiger partial charge in [0.05, 0.1) is 6.61 Å². The molecule has 0 saturated carbocycles. The van der Waals surface area contributed by atoms with Gasteiger partial charge in [0.25, 0.3) is 0 Å². The number of para-hydroxylation sites is 1. The van der Waals surface area contributed by atoms with Crippen LogP contribution in [0, 0.1) is 18.8 Å². The van der Waals surface area contributed by atoms with E-state index in [2.05, 4.69) is 58.1 Å². The SMILES string of the molecule is CCC(CC)COc1c(C)cccc1CNCC(C)C. The van der Waals surface area contributed by atoms with Crippen LogP contribution in [0.4, 0.5) is 0 Å². The molecule has 0 spiro atoms. The summed E-state index contributed by atoms with van der Waals surface area (Å²) in [7, 11) is 0. The predicted molar refractivity (Wildman–Crippen MR) is 87.3 cm³/mol. The summed E-state index contributed by atoms with van der Waals surface area (Å²) in [4.78, 5) is 0. The van der Waals surface area contributed by atoms with Crippen LogP contribution < -0.4 is 10.1 Å². The van der Waals surface area contributed by atoms with E-state index < -0.39 is 0 Å². The summed E-state index contributed by atoms with van der Waals surface area (Å²) in [5.74, 6) is 2.41. The van der Waals surface area contributed by atoms with Gasteiger partial charge in [-0.3, -0.25) is 0 Å². The Bertz CT molecular complexity index is 383. The van der Waals surface area contributed by atoms with Crippen molar-refractivity contribution in [3.05, 3.63) is 29.3 Å². The molecule has 0 heterocycles. The third kappa shape index (κ3) is 5.54. The molecule has 2 heteroatoms. The van der Waals surface area contributed by atoms with E-state index in [4.69, 9.17) is 4.74 Å². The van der Waals surface area contributed by atoms with Crippen LogP contribution in [0.25, 0.3) is 0 Å². The zero-order valence-corrected chi connectivity index (χ0v) is 13.8. The molecule has 2 nitrogen and oxygen atoms in total. The van der Waals surface area contributed by atoms with E-state index in [9.17, 15) is 0 Å². The summed E-state index contributed by atoms with van der Waals surface area (Å²) in [6.45, 7) is 13.8. The van der Waals surface area contributed by atoms with Crippen LogP contribution in [0.5, 0.6) is 5.75 Å². The second kappa shape index (κ2) is 9.02. The maximum absolute atomic E-state index is 6.13. The van der Waals surface area contributed by atoms with Gasteiger partial charge in [0.1, 0.15) is 5.75 Å². The second-order valence-electron chi connectivity index (χ2n) is 6.08. The van der Waals surface area contributed by atoms with Crippen LogP contribution in [-0.4, -0.2) is 13.2 Å². The van der Waals surface area contributed by atoms with Crippen LogP contribution in [0.2, 0.25) is 0 Å². The highest BCUT2D eigenvalue weighted by molar-refractivity contribution is 5.40. The molecule has 0 atom stereocenters. The first kappa shape index (κ1) is 17.0. The molecule has 0 saturated heterocycles. The lowest BCUT2D eigenvalue weighted by Crippen LogP contribution is -2.20. The van der Waals surface area contributed by atoms with Crippen molar-refractivity contribution < 1.29 is 4.74 Å². The molecule has 0 radical (unpaired) electrons. The summed E-state index contributed by atoms with van der Waals surface area (Å²) in [6.07, 6.45) is 2.37. The van der Waals surface area contributed by atoms with Crippen LogP contribution in [0.15, 0.2) is 18.2 Å². The molecule has 0 amide bonds. The van der Waals surface area contributed by atoms with Crippen LogP contribution in [0.3, 0.4) is 0 Å². The standard InChI is InChI=1S/C18H31NO/c1-6-16(7-2)13-20-18-15(5)9-8-10-17(18)12-19-11-14(3)4/h8-10,14,16,19H,6-7,11-13H2,1-5H3. The fourth-order valence-corrected chi connectivity index (χ4v) is 2.28. The van der Waals surface area contributed by atoms with Crippen LogP contribution in [-0.2, 0) is 6.54 Å². The smallest absolute Gasteiger partial charge is 0.126 e. The topological polar surface area (TPSA) is 21.3 Å². The minimum Gasteiger partial charge on any atom is -0.493 e. The number of hydrogen-bond donors (Lipinski definition) is 1. The summed E-state index contributed by atoms with van der Waals surface area (Å²) in [5.41, 5.74) is 2.51. The first-order chi connectivity index (χ1) is 9.58. The number of hydrogen-bond acceptors (Lipinski definition) is 2. The van der Waals surface area contributed by atoms with Crippen LogP contribution in [0.1, 0.15) is 51.7 Å². The van der Waals surface area contributed by atoms with Gasteiger partial charge in [-0.05, 0) is 30.9 Å². The van der Waals surface area contributed by atoms with Gasteiger partial charge in [-0.2, -0.15) is 0 Å². The molecule has 1 rings (SSSR count). The minimum absolute atomic E-state index is 0.658. The lowest BCUT2D eigenvalue weighted by molar-refractivity contribution is 0.237. The monoisotopic (exact) mass is 277 g/mol. The molecule has 0 aliphatic carbocycles. The summed E-state index contributed by atoms with van der Waals surface area (Å²) >= 11 is 0. The third-order valence-electron chi connectivity index (χ3n) is 3.78. The minimum atomic E-state index is 0.658. The first-order valence-corrected chi connectivity index (χ1v) is 8.00. The third-order valence-corrected chi connectivity index (χ3v) is 3.78. The van der Waals surface area contributed by atoms with Crippen molar-refractivity contribution in [1.82, 2.24) is 5.32 Å². The van der Waals surface area contributed by atoms with E-state index in [1.54, 1.807) is 0 Å². The van der Waals surface area contributed by atoms with E-state index in [-0.39, 0.29) is 0 Å². The molecule has 0 bridgehead atoms. The lowest BCUT2D eigenvalue weighted by Gasteiger charge is -2.18. The van der Waals surface area contributed by atoms with Gasteiger partial charge in [0.15, 0.2) is 0 Å². The fraction of sp³-hybridized carbons (Fsp3) is 0.667. The Morgan fingerprint density at radius 2 is 1.85 bits per heavy atom. The molecule has 20 heavy (non-hydrogen) atoms. The fourth-order valence-electron chi connectivity index (χ4n) is 2.28. The average Bonchev–Trinajstić information content (AvgIpc) is 2.41. The van der Waals surface area contributed by atoms with Crippen molar-refractivity contribution in [3.63, 3.8) is 0 Å². The molecule has 1 N–H and O–H groups in total. The van der Waals surface area contributed by atoms with Gasteiger partial charge in [-0.25, -0.2) is 0 Å². The number of rotatable bonds is 9. The Hall–Kier alpha value is -1.02. The van der Waals surface area contributed by atoms with E-state index in [0.29, 0.717) is 11.8 Å². The molecule has 1 aromatic carbocycles. The normalized spacial score (nSPS) is 11.3. The average molecular weight is 277 g/mol. The maximum atomic E-state index is 6.13. The van der Waals surface area contributed by atoms with Crippen molar-refractivity contribution in [2.24, 2.45) is 11.8 Å². The Labute approximate surface area is 124 Å². The van der Waals surface area contributed by atoms with E-state index in [1.165, 1.54) is 24.0 Å². The van der Waals surface area contributed by atoms with Crippen LogP contribution >= 0.6 is 0 Å². The van der Waals surface area contributed by atoms with Gasteiger partial charge in [0, 0.05) is 12.1 Å². The highest BCUT2D eigenvalue weighted by atomic mass is 16.5. The molecule has 0 aliphatic heterocycles. The maximum Gasteiger partial charge on any atom is 0.126 e. The summed E-state index contributed by atoms with van der Waals surface area (Å²) < 4.78 is 6.13. The highest BCUT2D eigenvalue weighted by Crippen LogP contribution is 2.24. The van der Waals surface area contributed by atoms with Gasteiger partial charge >= 0.3 is 0 Å². The Kier molecular flexibility index (Phi) is 7.68. The van der Waals surface area contributed by atoms with Crippen molar-refractivity contribution in [3.8, 4) is 5.75 Å². The molecule has 1 aromatic rings. The van der Waals surface area contributed by atoms with Gasteiger partial charge in [0.2, 0.25) is 0 Å². The molecule has 0 aliphatic rings. The quantitative estimate of drug-likeness (QED) is 0.714. The zero-order chi connectivity index (χ0) is 15.0. The summed E-state index contributed by atoms with van der Waals surface area (Å²) in [6, 6.07) is 6.42. The summed E-state index contributed by atoms with van der Waals surface area (Å²) in [5, 5.41) is 3.50. The molecular weight excluding hydrogens is 246 g/mol. The van der Waals surface area contributed by atoms with Crippen molar-refractivity contribution in [2.75, 3.05) is 13.2 Å². The largest absolute Gasteiger partial charge is 0.493 e. The Balaban J connectivity index is 2.67. The van der Waals surface area contributed by atoms with E-state index in [1.807, 2.05) is 0 Å². The van der Waals surface area contributed by atoms with Gasteiger partial charge in [-0.15, -0.1) is 0 Å². The lowest BCUT2D eigenvalue weighted by atomic mass is 10.0. The number of nitrogens with one attached hydrogen (secondary N) is 1. The van der Waals surface area contributed by atoms with Crippen molar-refractivity contribution in [1.29, 1.82) is 0 Å². The Morgan fingerprint density at radius 1 is 1.15 bits per heavy atom. The Morgan fingerprint density at radius 3 is 2.45 bits per heavy atom. The molecule has 114 valence electrons. The predicted octanol–water partition coefficient (Wildman–Crippen LogP) is 4.56. The highest BCUT2D eigenvalue weighted by Gasteiger charge is 2.10. The molecule has 0 fully saturated rings. The van der Waals surface area contributed by atoms with Crippen molar-refractivity contribution in [2.45, 2.75) is 54.0 Å². The molecular formula is C18H31NO. The van der Waals surface area contributed by atoms with E-state index in [0.717, 1.165) is 25.4 Å². The molecule has 0 unspecified atom stereocenters. The number of aryl methyl sites for hydroxylation is 1. The van der Waals surface area contributed by atoms with Gasteiger partial charge in [-0.1, -0.05) is 58.7 Å². The number of ether oxygens (including phenoxy) is 1. The van der Waals surface area contributed by atoms with Gasteiger partial charge < -0.3 is 10.1 Å². The second-order valence-corrected chi connectivity index (χ2v) is 6.08. The zero-order valence-electron chi connectivity index (χ0n) is 13.8. The first-order valence-electron chi connectivity index (χ1n) is 8.00. The molecule has 0 aromatic heterocycles. The van der Waals surface area contributed by atoms with Crippen molar-refractivity contribution >= 4 is 0 Å². The van der Waals surface area contributed by atoms with E-state index >= 15 is 0 Å². The number of benzene rings is 1.